The highest BCUT2D eigenvalue weighted by atomic mass is 16.5. The van der Waals surface area contributed by atoms with Crippen molar-refractivity contribution in [3.8, 4) is 17.3 Å². The number of H-pyrrole nitrogens is 1. The molecule has 5 heteroatoms. The van der Waals surface area contributed by atoms with Gasteiger partial charge >= 0.3 is 0 Å². The number of aryl methyl sites for hydroxylation is 1. The second-order valence-electron chi connectivity index (χ2n) is 4.66. The zero-order chi connectivity index (χ0) is 14.0. The molecule has 0 saturated heterocycles. The summed E-state index contributed by atoms with van der Waals surface area (Å²) in [5.41, 5.74) is 2.15. The fourth-order valence-corrected chi connectivity index (χ4v) is 2.05. The van der Waals surface area contributed by atoms with Crippen molar-refractivity contribution in [3.63, 3.8) is 0 Å². The first-order valence-electron chi connectivity index (χ1n) is 6.14. The first kappa shape index (κ1) is 13.3. The molecule has 100 valence electrons. The van der Waals surface area contributed by atoms with Gasteiger partial charge in [-0.2, -0.15) is 0 Å². The molecule has 2 heterocycles. The van der Waals surface area contributed by atoms with Gasteiger partial charge in [-0.1, -0.05) is 13.8 Å². The third kappa shape index (κ3) is 2.65. The van der Waals surface area contributed by atoms with Crippen molar-refractivity contribution in [2.24, 2.45) is 0 Å². The number of pyridine rings is 1. The van der Waals surface area contributed by atoms with Crippen molar-refractivity contribution in [1.82, 2.24) is 15.0 Å². The van der Waals surface area contributed by atoms with E-state index in [1.54, 1.807) is 19.4 Å². The predicted molar refractivity (Wildman–Crippen MR) is 73.5 cm³/mol. The molecule has 0 spiro atoms. The van der Waals surface area contributed by atoms with Crippen LogP contribution in [-0.2, 0) is 0 Å². The highest BCUT2D eigenvalue weighted by Gasteiger charge is 2.12. The highest BCUT2D eigenvalue weighted by Crippen LogP contribution is 2.18. The van der Waals surface area contributed by atoms with E-state index in [0.717, 1.165) is 16.8 Å². The molecular formula is C14H17N3O2. The molecule has 1 N–H and O–H groups in total. The standard InChI is InChI=1S/C14H17N3O2/c1-8(2)12-9(3)16-13(17-14(12)18)10-5-6-11(19-4)15-7-10/h5-8H,1-4H3,(H,16,17,18). The van der Waals surface area contributed by atoms with Gasteiger partial charge in [-0.15, -0.1) is 0 Å². The van der Waals surface area contributed by atoms with Crippen LogP contribution in [0.4, 0.5) is 0 Å². The van der Waals surface area contributed by atoms with Gasteiger partial charge in [0, 0.05) is 29.1 Å². The van der Waals surface area contributed by atoms with Crippen LogP contribution in [0.5, 0.6) is 5.88 Å². The van der Waals surface area contributed by atoms with Crippen molar-refractivity contribution in [1.29, 1.82) is 0 Å². The smallest absolute Gasteiger partial charge is 0.254 e. The Morgan fingerprint density at radius 2 is 2.05 bits per heavy atom. The van der Waals surface area contributed by atoms with Gasteiger partial charge in [0.1, 0.15) is 5.82 Å². The van der Waals surface area contributed by atoms with Crippen molar-refractivity contribution >= 4 is 0 Å². The van der Waals surface area contributed by atoms with E-state index >= 15 is 0 Å². The summed E-state index contributed by atoms with van der Waals surface area (Å²) in [4.78, 5) is 23.4. The lowest BCUT2D eigenvalue weighted by atomic mass is 10.0. The molecule has 19 heavy (non-hydrogen) atoms. The van der Waals surface area contributed by atoms with E-state index in [4.69, 9.17) is 4.74 Å². The van der Waals surface area contributed by atoms with Gasteiger partial charge < -0.3 is 9.72 Å². The molecule has 0 aliphatic heterocycles. The Kier molecular flexibility index (Phi) is 3.64. The van der Waals surface area contributed by atoms with Crippen molar-refractivity contribution in [2.75, 3.05) is 7.11 Å². The number of aromatic amines is 1. The van der Waals surface area contributed by atoms with Gasteiger partial charge in [-0.25, -0.2) is 9.97 Å². The lowest BCUT2D eigenvalue weighted by Gasteiger charge is -2.09. The minimum Gasteiger partial charge on any atom is -0.481 e. The second kappa shape index (κ2) is 5.22. The van der Waals surface area contributed by atoms with E-state index in [-0.39, 0.29) is 11.5 Å². The summed E-state index contributed by atoms with van der Waals surface area (Å²) >= 11 is 0. The van der Waals surface area contributed by atoms with Crippen LogP contribution in [0.25, 0.3) is 11.4 Å². The number of methoxy groups -OCH3 is 1. The normalized spacial score (nSPS) is 10.8. The van der Waals surface area contributed by atoms with Crippen molar-refractivity contribution in [3.05, 3.63) is 39.9 Å². The van der Waals surface area contributed by atoms with E-state index in [1.807, 2.05) is 26.8 Å². The zero-order valence-corrected chi connectivity index (χ0v) is 11.5. The molecule has 2 rings (SSSR count). The molecule has 0 saturated carbocycles. The first-order valence-corrected chi connectivity index (χ1v) is 6.14. The Morgan fingerprint density at radius 3 is 2.53 bits per heavy atom. The molecule has 2 aromatic rings. The lowest BCUT2D eigenvalue weighted by Crippen LogP contribution is -2.18. The molecule has 0 radical (unpaired) electrons. The van der Waals surface area contributed by atoms with Gasteiger partial charge in [-0.05, 0) is 18.9 Å². The summed E-state index contributed by atoms with van der Waals surface area (Å²) in [6.45, 7) is 5.81. The van der Waals surface area contributed by atoms with E-state index in [2.05, 4.69) is 15.0 Å². The molecule has 0 amide bonds. The van der Waals surface area contributed by atoms with E-state index in [9.17, 15) is 4.79 Å². The summed E-state index contributed by atoms with van der Waals surface area (Å²) in [6, 6.07) is 3.56. The van der Waals surface area contributed by atoms with Crippen LogP contribution in [0.2, 0.25) is 0 Å². The van der Waals surface area contributed by atoms with Crippen LogP contribution >= 0.6 is 0 Å². The highest BCUT2D eigenvalue weighted by molar-refractivity contribution is 5.54. The molecule has 0 atom stereocenters. The van der Waals surface area contributed by atoms with E-state index in [0.29, 0.717) is 11.7 Å². The van der Waals surface area contributed by atoms with Crippen LogP contribution < -0.4 is 10.3 Å². The molecule has 5 nitrogen and oxygen atoms in total. The van der Waals surface area contributed by atoms with Gasteiger partial charge in [0.15, 0.2) is 0 Å². The fourth-order valence-electron chi connectivity index (χ4n) is 2.05. The number of hydrogen-bond acceptors (Lipinski definition) is 4. The summed E-state index contributed by atoms with van der Waals surface area (Å²) in [6.07, 6.45) is 1.63. The molecule has 0 aromatic carbocycles. The van der Waals surface area contributed by atoms with Gasteiger partial charge in [0.25, 0.3) is 5.56 Å². The van der Waals surface area contributed by atoms with Crippen molar-refractivity contribution < 1.29 is 4.74 Å². The molecular weight excluding hydrogens is 242 g/mol. The molecule has 0 unspecified atom stereocenters. The van der Waals surface area contributed by atoms with Gasteiger partial charge in [0.2, 0.25) is 5.88 Å². The lowest BCUT2D eigenvalue weighted by molar-refractivity contribution is 0.398. The third-order valence-corrected chi connectivity index (χ3v) is 2.94. The predicted octanol–water partition coefficient (Wildman–Crippen LogP) is 2.27. The Balaban J connectivity index is 2.49. The number of aromatic nitrogens is 3. The second-order valence-corrected chi connectivity index (χ2v) is 4.66. The molecule has 0 aliphatic rings. The maximum atomic E-state index is 12.1. The largest absolute Gasteiger partial charge is 0.481 e. The Labute approximate surface area is 111 Å². The average molecular weight is 259 g/mol. The topological polar surface area (TPSA) is 67.9 Å². The van der Waals surface area contributed by atoms with Gasteiger partial charge in [-0.3, -0.25) is 4.79 Å². The Hall–Kier alpha value is -2.17. The quantitative estimate of drug-likeness (QED) is 0.918. The summed E-state index contributed by atoms with van der Waals surface area (Å²) in [5, 5.41) is 0. The van der Waals surface area contributed by atoms with Crippen LogP contribution in [-0.4, -0.2) is 22.1 Å². The minimum absolute atomic E-state index is 0.0895. The summed E-state index contributed by atoms with van der Waals surface area (Å²) < 4.78 is 5.00. The molecule has 2 aromatic heterocycles. The average Bonchev–Trinajstić information content (AvgIpc) is 2.37. The van der Waals surface area contributed by atoms with Gasteiger partial charge in [0.05, 0.1) is 7.11 Å². The number of nitrogens with zero attached hydrogens (tertiary/aromatic N) is 2. The Bertz CT molecular complexity index is 630. The monoisotopic (exact) mass is 259 g/mol. The zero-order valence-electron chi connectivity index (χ0n) is 11.5. The van der Waals surface area contributed by atoms with Crippen LogP contribution in [0.1, 0.15) is 31.0 Å². The molecule has 0 aliphatic carbocycles. The first-order chi connectivity index (χ1) is 9.02. The number of nitrogens with one attached hydrogen (secondary N) is 1. The Morgan fingerprint density at radius 1 is 1.32 bits per heavy atom. The fraction of sp³-hybridized carbons (Fsp3) is 0.357. The number of ether oxygens (including phenoxy) is 1. The SMILES string of the molecule is COc1ccc(-c2nc(C)c(C(C)C)c(=O)[nH]2)cn1. The third-order valence-electron chi connectivity index (χ3n) is 2.94. The molecule has 0 bridgehead atoms. The van der Waals surface area contributed by atoms with Crippen molar-refractivity contribution in [2.45, 2.75) is 26.7 Å². The number of hydrogen-bond donors (Lipinski definition) is 1. The van der Waals surface area contributed by atoms with E-state index in [1.165, 1.54) is 0 Å². The maximum absolute atomic E-state index is 12.1. The van der Waals surface area contributed by atoms with E-state index < -0.39 is 0 Å². The summed E-state index contributed by atoms with van der Waals surface area (Å²) in [7, 11) is 1.56. The maximum Gasteiger partial charge on any atom is 0.254 e. The van der Waals surface area contributed by atoms with Crippen LogP contribution in [0, 0.1) is 6.92 Å². The number of rotatable bonds is 3. The van der Waals surface area contributed by atoms with Crippen LogP contribution in [0.3, 0.4) is 0 Å². The molecule has 0 fully saturated rings. The minimum atomic E-state index is -0.0895. The van der Waals surface area contributed by atoms with Crippen LogP contribution in [0.15, 0.2) is 23.1 Å². The summed E-state index contributed by atoms with van der Waals surface area (Å²) in [5.74, 6) is 1.21.